The monoisotopic (exact) mass is 566 g/mol. The average molecular weight is 567 g/mol. The van der Waals surface area contributed by atoms with Gasteiger partial charge in [-0.2, -0.15) is 0 Å². The van der Waals surface area contributed by atoms with Crippen molar-refractivity contribution >= 4 is 34.0 Å². The van der Waals surface area contributed by atoms with Gasteiger partial charge in [-0.3, -0.25) is 4.79 Å². The van der Waals surface area contributed by atoms with Gasteiger partial charge in [0.1, 0.15) is 10.8 Å². The first-order valence-corrected chi connectivity index (χ1v) is 21.0. The van der Waals surface area contributed by atoms with Crippen LogP contribution in [0.3, 0.4) is 0 Å². The van der Waals surface area contributed by atoms with Crippen molar-refractivity contribution in [2.45, 2.75) is 148 Å². The van der Waals surface area contributed by atoms with Gasteiger partial charge in [0.2, 0.25) is 0 Å². The van der Waals surface area contributed by atoms with Crippen molar-refractivity contribution in [3.63, 3.8) is 0 Å². The molecule has 212 valence electrons. The number of halogens is 1. The predicted octanol–water partition coefficient (Wildman–Crippen LogP) is 9.48. The number of fused-ring (bicyclic) bond motifs is 5. The molecule has 4 rings (SSSR count). The molecule has 4 aliphatic carbocycles. The van der Waals surface area contributed by atoms with Crippen LogP contribution in [0.4, 0.5) is 0 Å². The predicted molar refractivity (Wildman–Crippen MR) is 161 cm³/mol. The lowest BCUT2D eigenvalue weighted by Gasteiger charge is -2.58. The van der Waals surface area contributed by atoms with Crippen molar-refractivity contribution < 1.29 is 13.6 Å². The number of ketones is 1. The van der Waals surface area contributed by atoms with Gasteiger partial charge in [-0.1, -0.05) is 78.6 Å². The molecule has 0 aromatic rings. The van der Waals surface area contributed by atoms with Crippen molar-refractivity contribution in [2.75, 3.05) is 0 Å². The largest absolute Gasteiger partial charge is 0.413 e. The van der Waals surface area contributed by atoms with E-state index < -0.39 is 21.7 Å². The smallest absolute Gasteiger partial charge is 0.194 e. The van der Waals surface area contributed by atoms with E-state index in [1.54, 1.807) is 0 Å². The lowest BCUT2D eigenvalue weighted by Crippen LogP contribution is -2.58. The van der Waals surface area contributed by atoms with Gasteiger partial charge < -0.3 is 8.85 Å². The molecule has 0 N–H and O–H groups in total. The molecule has 0 spiro atoms. The number of Topliss-reactive ketones (excluding diaryl/α,β-unsaturated/α-hetero) is 1. The molecule has 6 heteroatoms. The Morgan fingerprint density at radius 1 is 0.919 bits per heavy atom. The Hall–Kier alpha value is 0.0538. The molecule has 37 heavy (non-hydrogen) atoms. The molecular formula is C31H55ClO3Si2. The lowest BCUT2D eigenvalue weighted by atomic mass is 9.47. The quantitative estimate of drug-likeness (QED) is 0.193. The van der Waals surface area contributed by atoms with Crippen LogP contribution in [-0.4, -0.2) is 33.6 Å². The van der Waals surface area contributed by atoms with Gasteiger partial charge in [-0.05, 0) is 85.6 Å². The van der Waals surface area contributed by atoms with Gasteiger partial charge in [0, 0.05) is 24.2 Å². The minimum Gasteiger partial charge on any atom is -0.413 e. The second-order valence-electron chi connectivity index (χ2n) is 16.6. The number of hydrogen-bond donors (Lipinski definition) is 0. The van der Waals surface area contributed by atoms with Crippen LogP contribution in [0.2, 0.25) is 36.3 Å². The summed E-state index contributed by atoms with van der Waals surface area (Å²) in [5, 5.41) is -0.332. The number of carbonyl (C=O) groups is 1. The van der Waals surface area contributed by atoms with Gasteiger partial charge in [0.05, 0.1) is 6.10 Å². The number of alkyl halides is 1. The van der Waals surface area contributed by atoms with Crippen molar-refractivity contribution in [1.82, 2.24) is 0 Å². The fraction of sp³-hybridized carbons (Fsp3) is 0.903. The molecule has 7 atom stereocenters. The highest BCUT2D eigenvalue weighted by Gasteiger charge is 2.64. The number of hydrogen-bond acceptors (Lipinski definition) is 3. The third-order valence-corrected chi connectivity index (χ3v) is 21.7. The molecule has 0 aromatic carbocycles. The van der Waals surface area contributed by atoms with Gasteiger partial charge >= 0.3 is 0 Å². The average Bonchev–Trinajstić information content (AvgIpc) is 3.01. The van der Waals surface area contributed by atoms with Crippen molar-refractivity contribution in [1.29, 1.82) is 0 Å². The highest BCUT2D eigenvalue weighted by molar-refractivity contribution is 6.74. The summed E-state index contributed by atoms with van der Waals surface area (Å²) in [6.45, 7) is 27.9. The zero-order valence-corrected chi connectivity index (χ0v) is 28.7. The first-order chi connectivity index (χ1) is 16.6. The molecule has 0 amide bonds. The summed E-state index contributed by atoms with van der Waals surface area (Å²) in [6, 6.07) is 0. The van der Waals surface area contributed by atoms with Crippen LogP contribution in [0.25, 0.3) is 0 Å². The Kier molecular flexibility index (Phi) is 7.32. The van der Waals surface area contributed by atoms with E-state index in [0.29, 0.717) is 24.0 Å². The fourth-order valence-corrected chi connectivity index (χ4v) is 11.5. The molecule has 0 aliphatic heterocycles. The first-order valence-electron chi connectivity index (χ1n) is 14.9. The van der Waals surface area contributed by atoms with E-state index in [-0.39, 0.29) is 32.9 Å². The summed E-state index contributed by atoms with van der Waals surface area (Å²) < 4.78 is 13.9. The van der Waals surface area contributed by atoms with E-state index in [9.17, 15) is 4.79 Å². The zero-order chi connectivity index (χ0) is 28.0. The maximum Gasteiger partial charge on any atom is 0.194 e. The SMILES string of the molecule is CC(C)(C)[Si](C)(C)O[C@H]1CC[C@H]2[C@@H]3CC=C4C[C@@](Cl)(O[Si](C)(C)C(C)(C)C)CC[C@]4(C)[C@H]3C(=O)C[C@]12C. The van der Waals surface area contributed by atoms with Crippen LogP contribution in [-0.2, 0) is 13.6 Å². The Morgan fingerprint density at radius 3 is 2.08 bits per heavy atom. The molecule has 3 saturated carbocycles. The number of carbonyl (C=O) groups excluding carboxylic acids is 1. The van der Waals surface area contributed by atoms with Crippen molar-refractivity contribution in [2.24, 2.45) is 28.6 Å². The van der Waals surface area contributed by atoms with E-state index in [1.807, 2.05) is 0 Å². The standard InChI is InChI=1S/C31H55ClO3Si2/c1-27(2,3)36(9,10)34-25-16-15-23-22-14-13-21-19-31(32,35-37(11,12)28(4,5)6)18-17-29(21,7)26(22)24(33)20-30(23,25)8/h13,22-23,25-26H,14-20H2,1-12H3/t22-,23-,25-,26+,29-,30-,31-/m0/s1. The Morgan fingerprint density at radius 2 is 1.51 bits per heavy atom. The molecule has 0 bridgehead atoms. The van der Waals surface area contributed by atoms with Crippen LogP contribution in [0.5, 0.6) is 0 Å². The molecule has 0 unspecified atom stereocenters. The summed E-state index contributed by atoms with van der Waals surface area (Å²) in [4.78, 5) is 14.1. The summed E-state index contributed by atoms with van der Waals surface area (Å²) in [5.74, 6) is 1.59. The molecule has 3 fully saturated rings. The minimum absolute atomic E-state index is 0.0359. The van der Waals surface area contributed by atoms with Crippen LogP contribution < -0.4 is 0 Å². The van der Waals surface area contributed by atoms with E-state index >= 15 is 0 Å². The third-order valence-electron chi connectivity index (χ3n) is 12.2. The lowest BCUT2D eigenvalue weighted by molar-refractivity contribution is -0.147. The van der Waals surface area contributed by atoms with Crippen molar-refractivity contribution in [3.8, 4) is 0 Å². The highest BCUT2D eigenvalue weighted by atomic mass is 35.5. The zero-order valence-electron chi connectivity index (χ0n) is 25.9. The van der Waals surface area contributed by atoms with Crippen molar-refractivity contribution in [3.05, 3.63) is 11.6 Å². The third kappa shape index (κ3) is 4.93. The molecule has 4 aliphatic rings. The Balaban J connectivity index is 1.59. The second kappa shape index (κ2) is 9.03. The number of allylic oxidation sites excluding steroid dienone is 1. The molecule has 3 nitrogen and oxygen atoms in total. The van der Waals surface area contributed by atoms with Gasteiger partial charge in [-0.25, -0.2) is 0 Å². The normalized spacial score (nSPS) is 41.1. The second-order valence-corrected chi connectivity index (χ2v) is 26.8. The summed E-state index contributed by atoms with van der Waals surface area (Å²) in [7, 11) is -3.90. The van der Waals surface area contributed by atoms with E-state index in [0.717, 1.165) is 32.1 Å². The molecule has 0 aromatic heterocycles. The molecule has 0 radical (unpaired) electrons. The van der Waals surface area contributed by atoms with E-state index in [1.165, 1.54) is 12.0 Å². The molecular weight excluding hydrogens is 512 g/mol. The Bertz CT molecular complexity index is 960. The van der Waals surface area contributed by atoms with Gasteiger partial charge in [-0.15, -0.1) is 0 Å². The van der Waals surface area contributed by atoms with Crippen LogP contribution >= 0.6 is 11.6 Å². The van der Waals surface area contributed by atoms with E-state index in [2.05, 4.69) is 87.7 Å². The summed E-state index contributed by atoms with van der Waals surface area (Å²) in [5.41, 5.74) is 1.26. The maximum absolute atomic E-state index is 14.1. The fourth-order valence-electron chi connectivity index (χ4n) is 7.81. The number of rotatable bonds is 4. The maximum atomic E-state index is 14.1. The van der Waals surface area contributed by atoms with Crippen LogP contribution in [0.1, 0.15) is 100 Å². The topological polar surface area (TPSA) is 35.5 Å². The summed E-state index contributed by atoms with van der Waals surface area (Å²) in [6.07, 6.45) is 9.18. The molecule has 0 heterocycles. The summed E-state index contributed by atoms with van der Waals surface area (Å²) >= 11 is 7.26. The van der Waals surface area contributed by atoms with E-state index in [4.69, 9.17) is 20.5 Å². The van der Waals surface area contributed by atoms with Gasteiger partial charge in [0.25, 0.3) is 0 Å². The Labute approximate surface area is 235 Å². The van der Waals surface area contributed by atoms with Crippen LogP contribution in [0, 0.1) is 28.6 Å². The van der Waals surface area contributed by atoms with Gasteiger partial charge in [0.15, 0.2) is 16.6 Å². The highest BCUT2D eigenvalue weighted by Crippen LogP contribution is 2.66. The molecule has 0 saturated heterocycles. The van der Waals surface area contributed by atoms with Crippen LogP contribution in [0.15, 0.2) is 11.6 Å². The first kappa shape index (κ1) is 30.0. The minimum atomic E-state index is -2.00.